The molecule has 0 bridgehead atoms. The van der Waals surface area contributed by atoms with Crippen LogP contribution < -0.4 is 16.0 Å². The SMILES string of the molecule is CC.CC(C)(C)OC(N)=O.Cc1cnc(N2CCNCC2)nc1.Fc1ccc(F)c(C2CCCCO2)c1. The molecule has 37 heavy (non-hydrogen) atoms. The van der Waals surface area contributed by atoms with Gasteiger partial charge in [0.05, 0.1) is 6.10 Å². The van der Waals surface area contributed by atoms with Gasteiger partial charge in [0.25, 0.3) is 0 Å². The molecule has 1 aromatic heterocycles. The fourth-order valence-corrected chi connectivity index (χ4v) is 3.46. The van der Waals surface area contributed by atoms with Crippen LogP contribution in [-0.2, 0) is 9.47 Å². The van der Waals surface area contributed by atoms with E-state index < -0.39 is 17.5 Å². The van der Waals surface area contributed by atoms with E-state index >= 15 is 0 Å². The lowest BCUT2D eigenvalue weighted by molar-refractivity contribution is 0.0126. The highest BCUT2D eigenvalue weighted by Gasteiger charge is 2.19. The number of hydrogen-bond donors (Lipinski definition) is 2. The zero-order valence-corrected chi connectivity index (χ0v) is 23.0. The lowest BCUT2D eigenvalue weighted by Crippen LogP contribution is -2.44. The van der Waals surface area contributed by atoms with E-state index in [-0.39, 0.29) is 11.9 Å². The second-order valence-electron chi connectivity index (χ2n) is 9.35. The summed E-state index contributed by atoms with van der Waals surface area (Å²) in [5, 5.41) is 3.30. The monoisotopic (exact) mass is 523 g/mol. The van der Waals surface area contributed by atoms with Crippen molar-refractivity contribution < 1.29 is 23.0 Å². The predicted octanol–water partition coefficient (Wildman–Crippen LogP) is 5.31. The van der Waals surface area contributed by atoms with Gasteiger partial charge in [0.2, 0.25) is 5.95 Å². The fraction of sp³-hybridized carbons (Fsp3) is 0.593. The first-order chi connectivity index (χ1) is 17.5. The minimum absolute atomic E-state index is 0.264. The number of primary amides is 1. The third kappa shape index (κ3) is 13.3. The third-order valence-corrected chi connectivity index (χ3v) is 5.06. The zero-order valence-electron chi connectivity index (χ0n) is 23.0. The number of rotatable bonds is 2. The van der Waals surface area contributed by atoms with E-state index in [1.807, 2.05) is 33.2 Å². The Morgan fingerprint density at radius 3 is 2.24 bits per heavy atom. The van der Waals surface area contributed by atoms with Crippen LogP contribution in [0.3, 0.4) is 0 Å². The number of aromatic nitrogens is 2. The van der Waals surface area contributed by atoms with Crippen LogP contribution in [0.25, 0.3) is 0 Å². The van der Waals surface area contributed by atoms with Crippen molar-refractivity contribution in [2.75, 3.05) is 37.7 Å². The van der Waals surface area contributed by atoms with Crippen molar-refractivity contribution in [3.8, 4) is 0 Å². The third-order valence-electron chi connectivity index (χ3n) is 5.06. The minimum Gasteiger partial charge on any atom is -0.444 e. The van der Waals surface area contributed by atoms with E-state index in [2.05, 4.69) is 24.9 Å². The van der Waals surface area contributed by atoms with Crippen LogP contribution in [0.5, 0.6) is 0 Å². The van der Waals surface area contributed by atoms with Gasteiger partial charge in [0.1, 0.15) is 17.2 Å². The first-order valence-electron chi connectivity index (χ1n) is 12.8. The number of carbonyl (C=O) groups is 1. The van der Waals surface area contributed by atoms with E-state index in [4.69, 9.17) is 10.5 Å². The number of ether oxygens (including phenoxy) is 2. The summed E-state index contributed by atoms with van der Waals surface area (Å²) in [6.45, 7) is 16.0. The summed E-state index contributed by atoms with van der Waals surface area (Å²) in [5.74, 6) is 0.0703. The van der Waals surface area contributed by atoms with Crippen molar-refractivity contribution in [2.24, 2.45) is 5.73 Å². The lowest BCUT2D eigenvalue weighted by Gasteiger charge is -2.27. The summed E-state index contributed by atoms with van der Waals surface area (Å²) in [6, 6.07) is 3.51. The Bertz CT molecular complexity index is 911. The summed E-state index contributed by atoms with van der Waals surface area (Å²) < 4.78 is 36.2. The summed E-state index contributed by atoms with van der Waals surface area (Å²) in [5.41, 5.74) is 5.73. The fourth-order valence-electron chi connectivity index (χ4n) is 3.46. The Labute approximate surface area is 220 Å². The maximum atomic E-state index is 13.3. The van der Waals surface area contributed by atoms with Gasteiger partial charge >= 0.3 is 6.09 Å². The Morgan fingerprint density at radius 1 is 1.14 bits per heavy atom. The number of anilines is 1. The van der Waals surface area contributed by atoms with E-state index in [9.17, 15) is 13.6 Å². The van der Waals surface area contributed by atoms with Gasteiger partial charge < -0.3 is 25.4 Å². The molecule has 2 aromatic rings. The maximum Gasteiger partial charge on any atom is 0.405 e. The molecule has 2 aliphatic heterocycles. The molecule has 208 valence electrons. The van der Waals surface area contributed by atoms with Crippen LogP contribution in [0, 0.1) is 18.6 Å². The highest BCUT2D eigenvalue weighted by atomic mass is 19.1. The molecule has 1 unspecified atom stereocenters. The van der Waals surface area contributed by atoms with Crippen LogP contribution >= 0.6 is 0 Å². The molecule has 8 nitrogen and oxygen atoms in total. The zero-order chi connectivity index (χ0) is 27.8. The smallest absolute Gasteiger partial charge is 0.405 e. The van der Waals surface area contributed by atoms with Crippen molar-refractivity contribution in [2.45, 2.75) is 72.5 Å². The van der Waals surface area contributed by atoms with Gasteiger partial charge in [-0.25, -0.2) is 23.5 Å². The normalized spacial score (nSPS) is 17.1. The van der Waals surface area contributed by atoms with Crippen LogP contribution in [0.2, 0.25) is 0 Å². The number of nitrogens with two attached hydrogens (primary N) is 1. The van der Waals surface area contributed by atoms with E-state index in [0.717, 1.165) is 69.1 Å². The Kier molecular flexibility index (Phi) is 14.6. The summed E-state index contributed by atoms with van der Waals surface area (Å²) in [4.78, 5) is 20.8. The molecular weight excluding hydrogens is 480 g/mol. The number of benzene rings is 1. The van der Waals surface area contributed by atoms with Gasteiger partial charge in [0.15, 0.2) is 0 Å². The van der Waals surface area contributed by atoms with Gasteiger partial charge in [-0.3, -0.25) is 0 Å². The number of hydrogen-bond acceptors (Lipinski definition) is 7. The van der Waals surface area contributed by atoms with Gasteiger partial charge in [-0.1, -0.05) is 13.8 Å². The minimum atomic E-state index is -0.725. The van der Waals surface area contributed by atoms with Gasteiger partial charge in [0, 0.05) is 50.7 Å². The first-order valence-corrected chi connectivity index (χ1v) is 12.8. The van der Waals surface area contributed by atoms with Gasteiger partial charge in [-0.2, -0.15) is 0 Å². The Morgan fingerprint density at radius 2 is 1.76 bits per heavy atom. The lowest BCUT2D eigenvalue weighted by atomic mass is 10.0. The Hall–Kier alpha value is -2.85. The number of halogens is 2. The molecule has 2 saturated heterocycles. The molecule has 2 aliphatic rings. The van der Waals surface area contributed by atoms with Gasteiger partial charge in [-0.15, -0.1) is 0 Å². The highest BCUT2D eigenvalue weighted by Crippen LogP contribution is 2.29. The summed E-state index contributed by atoms with van der Waals surface area (Å²) in [7, 11) is 0. The average Bonchev–Trinajstić information content (AvgIpc) is 2.87. The van der Waals surface area contributed by atoms with Crippen LogP contribution in [0.1, 0.15) is 71.1 Å². The quantitative estimate of drug-likeness (QED) is 0.550. The summed E-state index contributed by atoms with van der Waals surface area (Å²) >= 11 is 0. The van der Waals surface area contributed by atoms with Crippen LogP contribution in [-0.4, -0.2) is 54.4 Å². The number of carbonyl (C=O) groups excluding carboxylic acids is 1. The second kappa shape index (κ2) is 16.8. The molecule has 4 rings (SSSR count). The molecule has 2 fully saturated rings. The van der Waals surface area contributed by atoms with Crippen molar-refractivity contribution in [3.05, 3.63) is 53.4 Å². The predicted molar refractivity (Wildman–Crippen MR) is 143 cm³/mol. The molecule has 0 aliphatic carbocycles. The molecule has 0 spiro atoms. The van der Waals surface area contributed by atoms with Gasteiger partial charge in [-0.05, 0) is 70.7 Å². The topological polar surface area (TPSA) is 103 Å². The number of amides is 1. The van der Waals surface area contributed by atoms with E-state index in [1.165, 1.54) is 6.07 Å². The first kappa shape index (κ1) is 32.2. The molecule has 10 heteroatoms. The number of aryl methyl sites for hydroxylation is 1. The van der Waals surface area contributed by atoms with E-state index in [1.54, 1.807) is 20.8 Å². The standard InChI is InChI=1S/C11H12F2O.C9H14N4.C5H11NO2.C2H6/c12-8-4-5-10(13)9(7-8)11-3-1-2-6-14-11;1-8-6-11-9(12-7-8)13-4-2-10-3-5-13;1-5(2,3)8-4(6)7;1-2/h4-5,7,11H,1-3,6H2;6-7,10H,2-5H2,1H3;1-3H3,(H2,6,7);1-2H3. The Balaban J connectivity index is 0.000000279. The molecule has 1 atom stereocenters. The molecule has 0 saturated carbocycles. The van der Waals surface area contributed by atoms with Crippen LogP contribution in [0.4, 0.5) is 19.5 Å². The molecule has 3 heterocycles. The van der Waals surface area contributed by atoms with Crippen LogP contribution in [0.15, 0.2) is 30.6 Å². The molecule has 0 radical (unpaired) electrons. The molecular formula is C27H43F2N5O3. The number of piperazine rings is 1. The second-order valence-corrected chi connectivity index (χ2v) is 9.35. The van der Waals surface area contributed by atoms with E-state index in [0.29, 0.717) is 12.2 Å². The molecule has 3 N–H and O–H groups in total. The summed E-state index contributed by atoms with van der Waals surface area (Å²) in [6.07, 6.45) is 5.54. The molecule has 1 aromatic carbocycles. The largest absolute Gasteiger partial charge is 0.444 e. The molecule has 1 amide bonds. The average molecular weight is 524 g/mol. The van der Waals surface area contributed by atoms with Crippen molar-refractivity contribution >= 4 is 12.0 Å². The number of nitrogens with one attached hydrogen (secondary N) is 1. The number of nitrogens with zero attached hydrogens (tertiary/aromatic N) is 3. The highest BCUT2D eigenvalue weighted by molar-refractivity contribution is 5.65. The maximum absolute atomic E-state index is 13.3. The van der Waals surface area contributed by atoms with Crippen molar-refractivity contribution in [3.63, 3.8) is 0 Å². The van der Waals surface area contributed by atoms with Crippen molar-refractivity contribution in [1.29, 1.82) is 0 Å². The van der Waals surface area contributed by atoms with Crippen molar-refractivity contribution in [1.82, 2.24) is 15.3 Å².